The summed E-state index contributed by atoms with van der Waals surface area (Å²) in [6.07, 6.45) is 0. The van der Waals surface area contributed by atoms with E-state index in [0.29, 0.717) is 33.9 Å². The van der Waals surface area contributed by atoms with Crippen LogP contribution >= 0.6 is 0 Å². The Morgan fingerprint density at radius 2 is 1.68 bits per heavy atom. The minimum absolute atomic E-state index is 0.108. The van der Waals surface area contributed by atoms with Gasteiger partial charge in [-0.2, -0.15) is 0 Å². The molecule has 3 rings (SSSR count). The Bertz CT molecular complexity index is 1200. The summed E-state index contributed by atoms with van der Waals surface area (Å²) in [6.45, 7) is 3.73. The molecule has 3 aromatic rings. The van der Waals surface area contributed by atoms with Crippen LogP contribution in [0.3, 0.4) is 0 Å². The number of carbonyl (C=O) groups excluding carboxylic acids is 3. The van der Waals surface area contributed by atoms with Gasteiger partial charge in [-0.25, -0.2) is 4.79 Å². The highest BCUT2D eigenvalue weighted by molar-refractivity contribution is 6.13. The lowest BCUT2D eigenvalue weighted by Crippen LogP contribution is -2.19. The molecule has 9 nitrogen and oxygen atoms in total. The molecule has 0 saturated heterocycles. The van der Waals surface area contributed by atoms with Crippen molar-refractivity contribution in [3.05, 3.63) is 76.6 Å². The van der Waals surface area contributed by atoms with E-state index in [-0.39, 0.29) is 24.5 Å². The monoisotopic (exact) mass is 465 g/mol. The standard InChI is InChI=1S/C25H27N3O6/c1-15-21(25(31)34-13-12-32-3)16(2)26-22(15)24(30)28-20-11-6-5-10-19(20)23(29)27-17-8-7-9-18(14-17)33-4/h5-11,14,26H,12-13H2,1-4H3,(H,27,29)(H,28,30). The maximum atomic E-state index is 13.0. The van der Waals surface area contributed by atoms with Gasteiger partial charge in [-0.05, 0) is 43.7 Å². The van der Waals surface area contributed by atoms with Crippen molar-refractivity contribution in [2.75, 3.05) is 38.1 Å². The number of benzene rings is 2. The van der Waals surface area contributed by atoms with Crippen molar-refractivity contribution in [1.29, 1.82) is 0 Å². The second-order valence-corrected chi connectivity index (χ2v) is 7.44. The molecule has 0 unspecified atom stereocenters. The fourth-order valence-corrected chi connectivity index (χ4v) is 3.45. The molecule has 0 spiro atoms. The third-order valence-electron chi connectivity index (χ3n) is 5.14. The van der Waals surface area contributed by atoms with E-state index in [9.17, 15) is 14.4 Å². The zero-order chi connectivity index (χ0) is 24.7. The number of nitrogens with one attached hydrogen (secondary N) is 3. The fourth-order valence-electron chi connectivity index (χ4n) is 3.45. The van der Waals surface area contributed by atoms with Crippen molar-refractivity contribution in [2.45, 2.75) is 13.8 Å². The molecule has 0 aliphatic carbocycles. The maximum Gasteiger partial charge on any atom is 0.340 e. The molecular formula is C25H27N3O6. The van der Waals surface area contributed by atoms with Crippen LogP contribution in [0.1, 0.15) is 42.5 Å². The molecule has 0 saturated carbocycles. The van der Waals surface area contributed by atoms with E-state index >= 15 is 0 Å². The Morgan fingerprint density at radius 1 is 0.912 bits per heavy atom. The van der Waals surface area contributed by atoms with Gasteiger partial charge < -0.3 is 29.8 Å². The number of methoxy groups -OCH3 is 2. The SMILES string of the molecule is COCCOC(=O)c1c(C)[nH]c(C(=O)Nc2ccccc2C(=O)Nc2cccc(OC)c2)c1C. The lowest BCUT2D eigenvalue weighted by atomic mass is 10.1. The molecule has 0 radical (unpaired) electrons. The summed E-state index contributed by atoms with van der Waals surface area (Å²) in [5, 5.41) is 5.56. The number of rotatable bonds is 9. The van der Waals surface area contributed by atoms with Gasteiger partial charge in [0.1, 0.15) is 18.1 Å². The smallest absolute Gasteiger partial charge is 0.340 e. The van der Waals surface area contributed by atoms with Gasteiger partial charge in [-0.15, -0.1) is 0 Å². The zero-order valence-electron chi connectivity index (χ0n) is 19.5. The Kier molecular flexibility index (Phi) is 8.05. The first-order chi connectivity index (χ1) is 16.3. The molecule has 34 heavy (non-hydrogen) atoms. The molecule has 0 fully saturated rings. The molecule has 178 valence electrons. The summed E-state index contributed by atoms with van der Waals surface area (Å²) in [5.74, 6) is -0.821. The van der Waals surface area contributed by atoms with E-state index in [4.69, 9.17) is 14.2 Å². The number of amides is 2. The van der Waals surface area contributed by atoms with Crippen molar-refractivity contribution in [3.8, 4) is 5.75 Å². The predicted octanol–water partition coefficient (Wildman–Crippen LogP) is 3.95. The lowest BCUT2D eigenvalue weighted by molar-refractivity contribution is 0.0386. The summed E-state index contributed by atoms with van der Waals surface area (Å²) in [7, 11) is 3.05. The van der Waals surface area contributed by atoms with Crippen molar-refractivity contribution in [1.82, 2.24) is 4.98 Å². The quantitative estimate of drug-likeness (QED) is 0.325. The summed E-state index contributed by atoms with van der Waals surface area (Å²) in [6, 6.07) is 13.6. The summed E-state index contributed by atoms with van der Waals surface area (Å²) in [4.78, 5) is 41.3. The van der Waals surface area contributed by atoms with Gasteiger partial charge in [-0.1, -0.05) is 18.2 Å². The van der Waals surface area contributed by atoms with E-state index in [2.05, 4.69) is 15.6 Å². The molecule has 0 aliphatic heterocycles. The molecule has 3 N–H and O–H groups in total. The highest BCUT2D eigenvalue weighted by atomic mass is 16.6. The van der Waals surface area contributed by atoms with Gasteiger partial charge >= 0.3 is 5.97 Å². The summed E-state index contributed by atoms with van der Waals surface area (Å²) >= 11 is 0. The van der Waals surface area contributed by atoms with Crippen molar-refractivity contribution in [2.24, 2.45) is 0 Å². The first kappa shape index (κ1) is 24.5. The summed E-state index contributed by atoms with van der Waals surface area (Å²) in [5.41, 5.74) is 2.62. The van der Waals surface area contributed by atoms with Crippen LogP contribution in [0.5, 0.6) is 5.75 Å². The van der Waals surface area contributed by atoms with Crippen LogP contribution in [-0.2, 0) is 9.47 Å². The minimum atomic E-state index is -0.541. The van der Waals surface area contributed by atoms with Crippen molar-refractivity contribution >= 4 is 29.2 Å². The third-order valence-corrected chi connectivity index (χ3v) is 5.14. The maximum absolute atomic E-state index is 13.0. The molecule has 1 heterocycles. The van der Waals surface area contributed by atoms with Gasteiger partial charge in [0.25, 0.3) is 11.8 Å². The third kappa shape index (κ3) is 5.62. The van der Waals surface area contributed by atoms with Crippen LogP contribution < -0.4 is 15.4 Å². The second-order valence-electron chi connectivity index (χ2n) is 7.44. The van der Waals surface area contributed by atoms with Crippen LogP contribution in [0.4, 0.5) is 11.4 Å². The highest BCUT2D eigenvalue weighted by Gasteiger charge is 2.24. The minimum Gasteiger partial charge on any atom is -0.497 e. The number of ether oxygens (including phenoxy) is 3. The van der Waals surface area contributed by atoms with Crippen LogP contribution in [0.2, 0.25) is 0 Å². The van der Waals surface area contributed by atoms with Crippen LogP contribution in [0, 0.1) is 13.8 Å². The van der Waals surface area contributed by atoms with Gasteiger partial charge in [0.05, 0.1) is 30.5 Å². The van der Waals surface area contributed by atoms with Crippen LogP contribution in [0.15, 0.2) is 48.5 Å². The molecule has 2 amide bonds. The Morgan fingerprint density at radius 3 is 2.41 bits per heavy atom. The molecule has 0 bridgehead atoms. The van der Waals surface area contributed by atoms with Crippen molar-refractivity contribution < 1.29 is 28.6 Å². The number of anilines is 2. The molecule has 9 heteroatoms. The average molecular weight is 466 g/mol. The van der Waals surface area contributed by atoms with Gasteiger partial charge in [0.2, 0.25) is 0 Å². The predicted molar refractivity (Wildman–Crippen MR) is 128 cm³/mol. The molecule has 0 aliphatic rings. The summed E-state index contributed by atoms with van der Waals surface area (Å²) < 4.78 is 15.3. The van der Waals surface area contributed by atoms with Gasteiger partial charge in [0.15, 0.2) is 0 Å². The van der Waals surface area contributed by atoms with Gasteiger partial charge in [0, 0.05) is 24.6 Å². The molecule has 0 atom stereocenters. The number of aromatic nitrogens is 1. The largest absolute Gasteiger partial charge is 0.497 e. The number of aryl methyl sites for hydroxylation is 1. The van der Waals surface area contributed by atoms with E-state index in [1.54, 1.807) is 69.5 Å². The second kappa shape index (κ2) is 11.2. The number of hydrogen-bond acceptors (Lipinski definition) is 6. The highest BCUT2D eigenvalue weighted by Crippen LogP contribution is 2.23. The lowest BCUT2D eigenvalue weighted by Gasteiger charge is -2.12. The zero-order valence-corrected chi connectivity index (χ0v) is 19.5. The van der Waals surface area contributed by atoms with Gasteiger partial charge in [-0.3, -0.25) is 9.59 Å². The first-order valence-electron chi connectivity index (χ1n) is 10.6. The number of esters is 1. The Labute approximate surface area is 197 Å². The molecule has 2 aromatic carbocycles. The normalized spacial score (nSPS) is 10.5. The van der Waals surface area contributed by atoms with Crippen LogP contribution in [-0.4, -0.2) is 50.2 Å². The number of hydrogen-bond donors (Lipinski definition) is 3. The number of carbonyl (C=O) groups is 3. The first-order valence-corrected chi connectivity index (χ1v) is 10.6. The Hall–Kier alpha value is -4.11. The van der Waals surface area contributed by atoms with Crippen LogP contribution in [0.25, 0.3) is 0 Å². The molecular weight excluding hydrogens is 438 g/mol. The van der Waals surface area contributed by atoms with E-state index in [1.807, 2.05) is 0 Å². The number of para-hydroxylation sites is 1. The van der Waals surface area contributed by atoms with E-state index in [1.165, 1.54) is 7.11 Å². The van der Waals surface area contributed by atoms with E-state index < -0.39 is 17.8 Å². The topological polar surface area (TPSA) is 119 Å². The van der Waals surface area contributed by atoms with Crippen molar-refractivity contribution in [3.63, 3.8) is 0 Å². The van der Waals surface area contributed by atoms with E-state index in [0.717, 1.165) is 0 Å². The fraction of sp³-hybridized carbons (Fsp3) is 0.240. The number of aromatic amines is 1. The Balaban J connectivity index is 1.79. The number of H-pyrrole nitrogens is 1. The molecule has 1 aromatic heterocycles. The average Bonchev–Trinajstić information content (AvgIpc) is 3.13.